The predicted octanol–water partition coefficient (Wildman–Crippen LogP) is 3.00. The fourth-order valence-electron chi connectivity index (χ4n) is 3.65. The molecule has 0 radical (unpaired) electrons. The number of para-hydroxylation sites is 1. The molecule has 1 aromatic heterocycles. The summed E-state index contributed by atoms with van der Waals surface area (Å²) in [4.78, 5) is 40.4. The molecule has 1 aromatic carbocycles. The van der Waals surface area contributed by atoms with Crippen LogP contribution in [0.1, 0.15) is 47.8 Å². The lowest BCUT2D eigenvalue weighted by molar-refractivity contribution is -0.123. The summed E-state index contributed by atoms with van der Waals surface area (Å²) < 4.78 is 0. The van der Waals surface area contributed by atoms with Gasteiger partial charge in [-0.15, -0.1) is 11.3 Å². The van der Waals surface area contributed by atoms with Crippen LogP contribution in [-0.4, -0.2) is 48.3 Å². The first-order chi connectivity index (χ1) is 15.0. The molecule has 0 atom stereocenters. The van der Waals surface area contributed by atoms with Crippen LogP contribution in [0.15, 0.2) is 41.8 Å². The molecule has 0 spiro atoms. The Morgan fingerprint density at radius 1 is 1.03 bits per heavy atom. The van der Waals surface area contributed by atoms with Crippen molar-refractivity contribution >= 4 is 34.7 Å². The maximum atomic E-state index is 12.7. The first-order valence-corrected chi connectivity index (χ1v) is 11.6. The molecule has 7 nitrogen and oxygen atoms in total. The molecule has 0 unspecified atom stereocenters. The van der Waals surface area contributed by atoms with E-state index in [0.717, 1.165) is 30.6 Å². The van der Waals surface area contributed by atoms with Crippen LogP contribution in [0, 0.1) is 0 Å². The number of carbonyl (C=O) groups is 3. The van der Waals surface area contributed by atoms with Crippen LogP contribution in [0.3, 0.4) is 0 Å². The smallest absolute Gasteiger partial charge is 0.253 e. The molecule has 0 aliphatic heterocycles. The number of carbonyl (C=O) groups excluding carboxylic acids is 3. The Morgan fingerprint density at radius 3 is 2.48 bits per heavy atom. The van der Waals surface area contributed by atoms with Crippen molar-refractivity contribution in [2.45, 2.75) is 45.2 Å². The third-order valence-corrected chi connectivity index (χ3v) is 6.23. The number of anilines is 1. The van der Waals surface area contributed by atoms with Gasteiger partial charge >= 0.3 is 0 Å². The Bertz CT molecular complexity index is 879. The lowest BCUT2D eigenvalue weighted by atomic mass is 10.1. The van der Waals surface area contributed by atoms with Gasteiger partial charge in [0.2, 0.25) is 11.8 Å². The van der Waals surface area contributed by atoms with Gasteiger partial charge in [-0.2, -0.15) is 0 Å². The van der Waals surface area contributed by atoms with Crippen molar-refractivity contribution in [3.8, 4) is 0 Å². The van der Waals surface area contributed by atoms with Gasteiger partial charge in [-0.3, -0.25) is 19.3 Å². The van der Waals surface area contributed by atoms with Gasteiger partial charge in [-0.25, -0.2) is 0 Å². The van der Waals surface area contributed by atoms with Crippen LogP contribution in [0.25, 0.3) is 0 Å². The SMILES string of the molecule is CCN(CC(=O)NCc1cccs1)CC(=O)Nc1ccccc1C(=O)NC1CCCC1. The van der Waals surface area contributed by atoms with E-state index in [1.165, 1.54) is 0 Å². The minimum atomic E-state index is -0.256. The molecular formula is C23H30N4O3S. The summed E-state index contributed by atoms with van der Waals surface area (Å²) in [5.74, 6) is -0.545. The van der Waals surface area contributed by atoms with Gasteiger partial charge in [0, 0.05) is 10.9 Å². The molecule has 0 saturated heterocycles. The molecule has 1 aliphatic rings. The van der Waals surface area contributed by atoms with Crippen molar-refractivity contribution in [1.29, 1.82) is 0 Å². The Hall–Kier alpha value is -2.71. The summed E-state index contributed by atoms with van der Waals surface area (Å²) in [6.45, 7) is 3.16. The zero-order valence-corrected chi connectivity index (χ0v) is 18.7. The number of nitrogens with one attached hydrogen (secondary N) is 3. The van der Waals surface area contributed by atoms with E-state index in [4.69, 9.17) is 0 Å². The van der Waals surface area contributed by atoms with Crippen LogP contribution >= 0.6 is 11.3 Å². The number of rotatable bonds is 10. The van der Waals surface area contributed by atoms with E-state index >= 15 is 0 Å². The summed E-state index contributed by atoms with van der Waals surface area (Å²) in [6, 6.07) is 11.1. The molecule has 3 N–H and O–H groups in total. The van der Waals surface area contributed by atoms with Crippen molar-refractivity contribution in [3.63, 3.8) is 0 Å². The van der Waals surface area contributed by atoms with Crippen molar-refractivity contribution in [1.82, 2.24) is 15.5 Å². The fourth-order valence-corrected chi connectivity index (χ4v) is 4.30. The molecule has 0 bridgehead atoms. The monoisotopic (exact) mass is 442 g/mol. The zero-order valence-electron chi connectivity index (χ0n) is 17.9. The van der Waals surface area contributed by atoms with Crippen molar-refractivity contribution in [2.24, 2.45) is 0 Å². The van der Waals surface area contributed by atoms with Crippen molar-refractivity contribution in [3.05, 3.63) is 52.2 Å². The number of hydrogen-bond donors (Lipinski definition) is 3. The Morgan fingerprint density at radius 2 is 1.77 bits per heavy atom. The highest BCUT2D eigenvalue weighted by Gasteiger charge is 2.20. The number of nitrogens with zero attached hydrogens (tertiary/aromatic N) is 1. The highest BCUT2D eigenvalue weighted by molar-refractivity contribution is 7.09. The summed E-state index contributed by atoms with van der Waals surface area (Å²) in [5, 5.41) is 10.7. The van der Waals surface area contributed by atoms with Crippen molar-refractivity contribution in [2.75, 3.05) is 25.0 Å². The topological polar surface area (TPSA) is 90.5 Å². The van der Waals surface area contributed by atoms with Gasteiger partial charge < -0.3 is 16.0 Å². The van der Waals surface area contributed by atoms with E-state index in [1.807, 2.05) is 24.4 Å². The maximum Gasteiger partial charge on any atom is 0.253 e. The quantitative estimate of drug-likeness (QED) is 0.528. The third kappa shape index (κ3) is 7.18. The van der Waals surface area contributed by atoms with E-state index < -0.39 is 0 Å². The largest absolute Gasteiger partial charge is 0.350 e. The summed E-state index contributed by atoms with van der Waals surface area (Å²) in [5.41, 5.74) is 0.945. The highest BCUT2D eigenvalue weighted by atomic mass is 32.1. The second-order valence-corrected chi connectivity index (χ2v) is 8.74. The van der Waals surface area contributed by atoms with Crippen LogP contribution in [0.4, 0.5) is 5.69 Å². The molecule has 166 valence electrons. The van der Waals surface area contributed by atoms with Gasteiger partial charge in [-0.1, -0.05) is 38.0 Å². The van der Waals surface area contributed by atoms with Crippen LogP contribution in [0.5, 0.6) is 0 Å². The number of amides is 3. The number of hydrogen-bond acceptors (Lipinski definition) is 5. The van der Waals surface area contributed by atoms with Crippen LogP contribution in [0.2, 0.25) is 0 Å². The second-order valence-electron chi connectivity index (χ2n) is 7.71. The van der Waals surface area contributed by atoms with Crippen LogP contribution < -0.4 is 16.0 Å². The molecule has 3 amide bonds. The summed E-state index contributed by atoms with van der Waals surface area (Å²) >= 11 is 1.59. The Kier molecular flexibility index (Phi) is 8.61. The Labute approximate surface area is 187 Å². The van der Waals surface area contributed by atoms with E-state index in [9.17, 15) is 14.4 Å². The number of benzene rings is 1. The fraction of sp³-hybridized carbons (Fsp3) is 0.435. The molecule has 1 heterocycles. The van der Waals surface area contributed by atoms with Gasteiger partial charge in [0.05, 0.1) is 30.9 Å². The number of likely N-dealkylation sites (N-methyl/N-ethyl adjacent to an activating group) is 1. The average Bonchev–Trinajstić information content (AvgIpc) is 3.46. The second kappa shape index (κ2) is 11.6. The van der Waals surface area contributed by atoms with E-state index in [2.05, 4.69) is 16.0 Å². The minimum absolute atomic E-state index is 0.0709. The van der Waals surface area contributed by atoms with Gasteiger partial charge in [0.1, 0.15) is 0 Å². The normalized spacial score (nSPS) is 13.9. The standard InChI is InChI=1S/C23H30N4O3S/c1-2-27(15-21(28)24-14-18-10-7-13-31-18)16-22(29)26-20-12-6-5-11-19(20)23(30)25-17-8-3-4-9-17/h5-7,10-13,17H,2-4,8-9,14-16H2,1H3,(H,24,28)(H,25,30)(H,26,29). The Balaban J connectivity index is 1.51. The maximum absolute atomic E-state index is 12.7. The van der Waals surface area contributed by atoms with Gasteiger partial charge in [0.25, 0.3) is 5.91 Å². The first kappa shape index (κ1) is 23.0. The van der Waals surface area contributed by atoms with E-state index in [0.29, 0.717) is 24.3 Å². The summed E-state index contributed by atoms with van der Waals surface area (Å²) in [6.07, 6.45) is 4.27. The molecule has 1 fully saturated rings. The third-order valence-electron chi connectivity index (χ3n) is 5.36. The molecule has 31 heavy (non-hydrogen) atoms. The van der Waals surface area contributed by atoms with Gasteiger partial charge in [-0.05, 0) is 43.0 Å². The van der Waals surface area contributed by atoms with Gasteiger partial charge in [0.15, 0.2) is 0 Å². The summed E-state index contributed by atoms with van der Waals surface area (Å²) in [7, 11) is 0. The first-order valence-electron chi connectivity index (χ1n) is 10.8. The molecule has 8 heteroatoms. The molecule has 1 aliphatic carbocycles. The zero-order chi connectivity index (χ0) is 22.1. The minimum Gasteiger partial charge on any atom is -0.350 e. The highest BCUT2D eigenvalue weighted by Crippen LogP contribution is 2.20. The average molecular weight is 443 g/mol. The molecular weight excluding hydrogens is 412 g/mol. The lowest BCUT2D eigenvalue weighted by Crippen LogP contribution is -2.41. The lowest BCUT2D eigenvalue weighted by Gasteiger charge is -2.20. The van der Waals surface area contributed by atoms with Crippen molar-refractivity contribution < 1.29 is 14.4 Å². The molecule has 2 aromatic rings. The number of thiophene rings is 1. The van der Waals surface area contributed by atoms with E-state index in [-0.39, 0.29) is 36.9 Å². The molecule has 1 saturated carbocycles. The molecule has 3 rings (SSSR count). The predicted molar refractivity (Wildman–Crippen MR) is 123 cm³/mol. The van der Waals surface area contributed by atoms with Crippen LogP contribution in [-0.2, 0) is 16.1 Å². The van der Waals surface area contributed by atoms with E-state index in [1.54, 1.807) is 40.5 Å².